The highest BCUT2D eigenvalue weighted by molar-refractivity contribution is 7.71. The van der Waals surface area contributed by atoms with Crippen molar-refractivity contribution in [1.82, 2.24) is 24.6 Å². The zero-order chi connectivity index (χ0) is 19.0. The maximum absolute atomic E-state index is 12.2. The number of H-pyrrole nitrogens is 2. The van der Waals surface area contributed by atoms with Gasteiger partial charge in [0.2, 0.25) is 0 Å². The predicted molar refractivity (Wildman–Crippen MR) is 105 cm³/mol. The Labute approximate surface area is 161 Å². The highest BCUT2D eigenvalue weighted by atomic mass is 32.1. The summed E-state index contributed by atoms with van der Waals surface area (Å²) >= 11 is 5.06. The Bertz CT molecular complexity index is 1080. The lowest BCUT2D eigenvalue weighted by molar-refractivity contribution is 0.241. The molecular formula is C19H21N5O2S. The molecule has 0 radical (unpaired) electrons. The number of nitrogens with one attached hydrogen (secondary N) is 2. The summed E-state index contributed by atoms with van der Waals surface area (Å²) in [6.07, 6.45) is 2.69. The Balaban J connectivity index is 1.54. The molecule has 0 atom stereocenters. The van der Waals surface area contributed by atoms with Gasteiger partial charge in [-0.1, -0.05) is 0 Å². The molecule has 0 bridgehead atoms. The van der Waals surface area contributed by atoms with E-state index < -0.39 is 0 Å². The van der Waals surface area contributed by atoms with Crippen LogP contribution in [0, 0.1) is 11.7 Å². The molecule has 0 amide bonds. The Morgan fingerprint density at radius 1 is 1.26 bits per heavy atom. The Morgan fingerprint density at radius 2 is 2.04 bits per heavy atom. The van der Waals surface area contributed by atoms with Gasteiger partial charge in [0.05, 0.1) is 24.6 Å². The van der Waals surface area contributed by atoms with Crippen molar-refractivity contribution >= 4 is 12.2 Å². The molecule has 1 aliphatic rings. The molecule has 1 aliphatic heterocycles. The third kappa shape index (κ3) is 3.45. The average Bonchev–Trinajstić information content (AvgIpc) is 3.03. The lowest BCUT2D eigenvalue weighted by Crippen LogP contribution is -2.35. The molecule has 0 fully saturated rings. The van der Waals surface area contributed by atoms with E-state index in [-0.39, 0.29) is 5.56 Å². The Kier molecular flexibility index (Phi) is 4.67. The summed E-state index contributed by atoms with van der Waals surface area (Å²) in [5, 5.41) is 4.54. The number of aromatic nitrogens is 4. The van der Waals surface area contributed by atoms with Crippen LogP contribution in [0.3, 0.4) is 0 Å². The number of hydrogen-bond acceptors (Lipinski definition) is 5. The molecule has 4 rings (SSSR count). The van der Waals surface area contributed by atoms with E-state index in [4.69, 9.17) is 17.0 Å². The zero-order valence-corrected chi connectivity index (χ0v) is 16.1. The molecule has 140 valence electrons. The van der Waals surface area contributed by atoms with Gasteiger partial charge in [-0.15, -0.1) is 0 Å². The van der Waals surface area contributed by atoms with Crippen LogP contribution in [0.5, 0.6) is 5.75 Å². The van der Waals surface area contributed by atoms with Crippen LogP contribution >= 0.6 is 12.2 Å². The molecule has 3 heterocycles. The second kappa shape index (κ2) is 7.13. The van der Waals surface area contributed by atoms with Gasteiger partial charge in [0.25, 0.3) is 5.56 Å². The molecule has 2 aromatic heterocycles. The first-order valence-electron chi connectivity index (χ1n) is 8.80. The minimum Gasteiger partial charge on any atom is -0.497 e. The lowest BCUT2D eigenvalue weighted by atomic mass is 10.1. The summed E-state index contributed by atoms with van der Waals surface area (Å²) in [5.74, 6) is 0.819. The summed E-state index contributed by atoms with van der Waals surface area (Å²) in [4.78, 5) is 20.2. The molecule has 8 heteroatoms. The quantitative estimate of drug-likeness (QED) is 0.677. The van der Waals surface area contributed by atoms with Crippen LogP contribution in [0.15, 0.2) is 35.3 Å². The fraction of sp³-hybridized carbons (Fsp3) is 0.316. The van der Waals surface area contributed by atoms with Gasteiger partial charge in [-0.2, -0.15) is 5.10 Å². The Morgan fingerprint density at radius 3 is 2.78 bits per heavy atom. The van der Waals surface area contributed by atoms with Crippen molar-refractivity contribution in [2.45, 2.75) is 26.4 Å². The van der Waals surface area contributed by atoms with Crippen molar-refractivity contribution in [1.29, 1.82) is 0 Å². The number of benzene rings is 1. The first-order valence-corrected chi connectivity index (χ1v) is 9.20. The molecule has 0 spiro atoms. The van der Waals surface area contributed by atoms with Crippen LogP contribution in [-0.2, 0) is 19.5 Å². The van der Waals surface area contributed by atoms with E-state index in [0.29, 0.717) is 11.3 Å². The fourth-order valence-corrected chi connectivity index (χ4v) is 3.69. The number of ether oxygens (including phenoxy) is 1. The van der Waals surface area contributed by atoms with Gasteiger partial charge in [0.1, 0.15) is 5.75 Å². The zero-order valence-electron chi connectivity index (χ0n) is 15.3. The summed E-state index contributed by atoms with van der Waals surface area (Å²) in [7, 11) is 1.65. The van der Waals surface area contributed by atoms with E-state index in [0.717, 1.165) is 53.5 Å². The summed E-state index contributed by atoms with van der Waals surface area (Å²) in [5.41, 5.74) is 4.86. The van der Waals surface area contributed by atoms with Crippen LogP contribution in [-0.4, -0.2) is 38.3 Å². The molecule has 2 N–H and O–H groups in total. The van der Waals surface area contributed by atoms with Gasteiger partial charge in [0, 0.05) is 43.0 Å². The fourth-order valence-electron chi connectivity index (χ4n) is 3.47. The number of rotatable bonds is 4. The highest BCUT2D eigenvalue weighted by Gasteiger charge is 2.21. The molecule has 3 aromatic rings. The molecular weight excluding hydrogens is 362 g/mol. The first kappa shape index (κ1) is 17.7. The third-order valence-electron chi connectivity index (χ3n) is 5.01. The average molecular weight is 383 g/mol. The van der Waals surface area contributed by atoms with Gasteiger partial charge in [-0.3, -0.25) is 14.7 Å². The summed E-state index contributed by atoms with van der Waals surface area (Å²) < 4.78 is 7.53. The maximum atomic E-state index is 12.2. The standard InChI is InChI=1S/C19H21N5O2S/c1-12-13(9-20-24(12)14-3-5-15(26-2)6-4-14)10-23-8-7-17-16(11-23)18(25)22-19(27)21-17/h3-6,9H,7-8,10-11H2,1-2H3,(H2,21,22,25,27). The molecule has 7 nitrogen and oxygen atoms in total. The Hall–Kier alpha value is -2.71. The number of hydrogen-bond donors (Lipinski definition) is 2. The monoisotopic (exact) mass is 383 g/mol. The van der Waals surface area contributed by atoms with Crippen molar-refractivity contribution in [3.05, 3.63) is 68.1 Å². The summed E-state index contributed by atoms with van der Waals surface area (Å²) in [6, 6.07) is 7.82. The largest absolute Gasteiger partial charge is 0.497 e. The van der Waals surface area contributed by atoms with Crippen LogP contribution in [0.25, 0.3) is 5.69 Å². The summed E-state index contributed by atoms with van der Waals surface area (Å²) in [6.45, 7) is 4.28. The molecule has 0 saturated carbocycles. The molecule has 0 saturated heterocycles. The number of methoxy groups -OCH3 is 1. The van der Waals surface area contributed by atoms with Crippen molar-refractivity contribution < 1.29 is 4.74 Å². The van der Waals surface area contributed by atoms with Gasteiger partial charge in [-0.05, 0) is 43.4 Å². The topological polar surface area (TPSA) is 78.9 Å². The number of fused-ring (bicyclic) bond motifs is 1. The van der Waals surface area contributed by atoms with Crippen molar-refractivity contribution in [3.63, 3.8) is 0 Å². The van der Waals surface area contributed by atoms with Crippen LogP contribution in [0.2, 0.25) is 0 Å². The third-order valence-corrected chi connectivity index (χ3v) is 5.22. The highest BCUT2D eigenvalue weighted by Crippen LogP contribution is 2.21. The van der Waals surface area contributed by atoms with E-state index >= 15 is 0 Å². The van der Waals surface area contributed by atoms with E-state index in [9.17, 15) is 4.79 Å². The maximum Gasteiger partial charge on any atom is 0.256 e. The molecule has 0 aliphatic carbocycles. The van der Waals surface area contributed by atoms with Gasteiger partial charge < -0.3 is 9.72 Å². The molecule has 1 aromatic carbocycles. The van der Waals surface area contributed by atoms with Gasteiger partial charge >= 0.3 is 0 Å². The lowest BCUT2D eigenvalue weighted by Gasteiger charge is -2.27. The normalized spacial score (nSPS) is 14.1. The minimum absolute atomic E-state index is 0.0934. The SMILES string of the molecule is COc1ccc(-n2ncc(CN3CCc4[nH]c(=S)[nH]c(=O)c4C3)c2C)cc1. The van der Waals surface area contributed by atoms with Crippen LogP contribution in [0.4, 0.5) is 0 Å². The van der Waals surface area contributed by atoms with E-state index in [1.165, 1.54) is 0 Å². The van der Waals surface area contributed by atoms with Crippen LogP contribution in [0.1, 0.15) is 22.5 Å². The van der Waals surface area contributed by atoms with Crippen LogP contribution < -0.4 is 10.3 Å². The minimum atomic E-state index is -0.0934. The molecule has 0 unspecified atom stereocenters. The van der Waals surface area contributed by atoms with Gasteiger partial charge in [0.15, 0.2) is 4.77 Å². The number of aromatic amines is 2. The van der Waals surface area contributed by atoms with Crippen molar-refractivity contribution in [3.8, 4) is 11.4 Å². The smallest absolute Gasteiger partial charge is 0.256 e. The second-order valence-electron chi connectivity index (χ2n) is 6.69. The number of nitrogens with zero attached hydrogens (tertiary/aromatic N) is 3. The van der Waals surface area contributed by atoms with Crippen molar-refractivity contribution in [2.75, 3.05) is 13.7 Å². The first-order chi connectivity index (χ1) is 13.0. The van der Waals surface area contributed by atoms with E-state index in [2.05, 4.69) is 26.9 Å². The predicted octanol–water partition coefficient (Wildman–Crippen LogP) is 2.49. The van der Waals surface area contributed by atoms with Gasteiger partial charge in [-0.25, -0.2) is 4.68 Å². The van der Waals surface area contributed by atoms with E-state index in [1.54, 1.807) is 7.11 Å². The van der Waals surface area contributed by atoms with Crippen molar-refractivity contribution in [2.24, 2.45) is 0 Å². The molecule has 27 heavy (non-hydrogen) atoms. The second-order valence-corrected chi connectivity index (χ2v) is 7.10. The van der Waals surface area contributed by atoms with E-state index in [1.807, 2.05) is 35.1 Å².